The maximum absolute atomic E-state index is 13.3. The van der Waals surface area contributed by atoms with Crippen molar-refractivity contribution < 1.29 is 23.8 Å². The van der Waals surface area contributed by atoms with E-state index in [4.69, 9.17) is 11.6 Å². The molecule has 0 aromatic heterocycles. The van der Waals surface area contributed by atoms with Crippen LogP contribution in [-0.2, 0) is 16.1 Å². The summed E-state index contributed by atoms with van der Waals surface area (Å²) in [6.07, 6.45) is 0.364. The number of nitrogens with zero attached hydrogens (tertiary/aromatic N) is 1. The predicted octanol–water partition coefficient (Wildman–Crippen LogP) is 1.93. The Morgan fingerprint density at radius 2 is 2.17 bits per heavy atom. The van der Waals surface area contributed by atoms with Crippen molar-refractivity contribution in [2.75, 3.05) is 20.8 Å². The number of urea groups is 1. The third-order valence-corrected chi connectivity index (χ3v) is 3.87. The maximum Gasteiger partial charge on any atom is 0.317 e. The molecule has 1 aromatic rings. The summed E-state index contributed by atoms with van der Waals surface area (Å²) in [5.74, 6) is -0.970. The summed E-state index contributed by atoms with van der Waals surface area (Å²) in [5, 5.41) is 11.9. The van der Waals surface area contributed by atoms with Gasteiger partial charge in [0, 0.05) is 20.0 Å². The van der Waals surface area contributed by atoms with E-state index in [-0.39, 0.29) is 31.0 Å². The second-order valence-electron chi connectivity index (χ2n) is 4.93. The average molecular weight is 347 g/mol. The predicted molar refractivity (Wildman–Crippen MR) is 83.5 cm³/mol. The normalized spacial score (nSPS) is 11.7. The molecule has 1 atom stereocenters. The first kappa shape index (κ1) is 19.2. The molecular formula is C15H20ClFN2O4. The van der Waals surface area contributed by atoms with Crippen LogP contribution in [0.15, 0.2) is 18.2 Å². The van der Waals surface area contributed by atoms with E-state index in [0.717, 1.165) is 0 Å². The fraction of sp³-hybridized carbons (Fsp3) is 0.467. The van der Waals surface area contributed by atoms with Crippen LogP contribution in [-0.4, -0.2) is 48.8 Å². The van der Waals surface area contributed by atoms with Gasteiger partial charge in [-0.25, -0.2) is 9.18 Å². The average Bonchev–Trinajstić information content (AvgIpc) is 2.55. The number of benzene rings is 1. The standard InChI is InChI=1S/C15H20ClFN2O4/c1-19(11(9-20)6-7-13(21)23-2)15(22)18-8-10-4-3-5-12(17)14(10)16/h3-5,11,20H,6-9H2,1-2H3,(H,18,22)/t11-/m0/s1. The second kappa shape index (κ2) is 9.32. The van der Waals surface area contributed by atoms with Crippen molar-refractivity contribution in [3.05, 3.63) is 34.6 Å². The molecule has 0 unspecified atom stereocenters. The van der Waals surface area contributed by atoms with E-state index < -0.39 is 23.9 Å². The summed E-state index contributed by atoms with van der Waals surface area (Å²) in [5.41, 5.74) is 0.448. The minimum absolute atomic E-state index is 0.0418. The van der Waals surface area contributed by atoms with Crippen LogP contribution in [0.1, 0.15) is 18.4 Å². The molecule has 8 heteroatoms. The van der Waals surface area contributed by atoms with Gasteiger partial charge in [0.15, 0.2) is 0 Å². The molecular weight excluding hydrogens is 327 g/mol. The van der Waals surface area contributed by atoms with Crippen molar-refractivity contribution in [2.24, 2.45) is 0 Å². The van der Waals surface area contributed by atoms with Gasteiger partial charge in [0.05, 0.1) is 24.8 Å². The number of rotatable bonds is 7. The van der Waals surface area contributed by atoms with Gasteiger partial charge in [-0.15, -0.1) is 0 Å². The number of hydrogen-bond donors (Lipinski definition) is 2. The summed E-state index contributed by atoms with van der Waals surface area (Å²) in [4.78, 5) is 24.5. The number of aliphatic hydroxyl groups excluding tert-OH is 1. The molecule has 0 saturated carbocycles. The molecule has 0 aliphatic carbocycles. The second-order valence-corrected chi connectivity index (χ2v) is 5.31. The zero-order valence-corrected chi connectivity index (χ0v) is 13.8. The van der Waals surface area contributed by atoms with Crippen LogP contribution in [0, 0.1) is 5.82 Å². The smallest absolute Gasteiger partial charge is 0.317 e. The van der Waals surface area contributed by atoms with E-state index in [0.29, 0.717) is 5.56 Å². The monoisotopic (exact) mass is 346 g/mol. The minimum atomic E-state index is -0.557. The molecule has 0 heterocycles. The molecule has 0 aliphatic rings. The Morgan fingerprint density at radius 3 is 2.78 bits per heavy atom. The Labute approximate surface area is 139 Å². The zero-order chi connectivity index (χ0) is 17.4. The van der Waals surface area contributed by atoms with Crippen molar-refractivity contribution in [3.63, 3.8) is 0 Å². The van der Waals surface area contributed by atoms with E-state index in [2.05, 4.69) is 10.1 Å². The van der Waals surface area contributed by atoms with E-state index >= 15 is 0 Å². The highest BCUT2D eigenvalue weighted by Crippen LogP contribution is 2.19. The van der Waals surface area contributed by atoms with E-state index in [1.54, 1.807) is 6.07 Å². The molecule has 23 heavy (non-hydrogen) atoms. The lowest BCUT2D eigenvalue weighted by Crippen LogP contribution is -2.45. The zero-order valence-electron chi connectivity index (χ0n) is 13.0. The van der Waals surface area contributed by atoms with Crippen molar-refractivity contribution >= 4 is 23.6 Å². The summed E-state index contributed by atoms with van der Waals surface area (Å²) >= 11 is 5.82. The summed E-state index contributed by atoms with van der Waals surface area (Å²) in [6, 6.07) is 3.34. The van der Waals surface area contributed by atoms with E-state index in [1.807, 2.05) is 0 Å². The number of hydrogen-bond acceptors (Lipinski definition) is 4. The Morgan fingerprint density at radius 1 is 1.48 bits per heavy atom. The van der Waals surface area contributed by atoms with Crippen LogP contribution in [0.3, 0.4) is 0 Å². The SMILES string of the molecule is COC(=O)CC[C@@H](CO)N(C)C(=O)NCc1cccc(F)c1Cl. The number of carbonyl (C=O) groups excluding carboxylic acids is 2. The molecule has 0 fully saturated rings. The van der Waals surface area contributed by atoms with Gasteiger partial charge in [0.2, 0.25) is 0 Å². The lowest BCUT2D eigenvalue weighted by atomic mass is 10.1. The number of likely N-dealkylation sites (N-methyl/N-ethyl adjacent to an activating group) is 1. The van der Waals surface area contributed by atoms with Crippen LogP contribution in [0.4, 0.5) is 9.18 Å². The number of nitrogens with one attached hydrogen (secondary N) is 1. The molecule has 2 N–H and O–H groups in total. The van der Waals surface area contributed by atoms with Gasteiger partial charge in [-0.3, -0.25) is 4.79 Å². The minimum Gasteiger partial charge on any atom is -0.469 e. The molecule has 1 aromatic carbocycles. The largest absolute Gasteiger partial charge is 0.469 e. The highest BCUT2D eigenvalue weighted by molar-refractivity contribution is 6.31. The van der Waals surface area contributed by atoms with E-state index in [1.165, 1.54) is 31.2 Å². The Bertz CT molecular complexity index is 556. The molecule has 2 amide bonds. The van der Waals surface area contributed by atoms with E-state index in [9.17, 15) is 19.1 Å². The van der Waals surface area contributed by atoms with Gasteiger partial charge < -0.3 is 20.1 Å². The number of carbonyl (C=O) groups is 2. The first-order chi connectivity index (χ1) is 10.9. The van der Waals surface area contributed by atoms with Crippen molar-refractivity contribution in [2.45, 2.75) is 25.4 Å². The molecule has 0 bridgehead atoms. The number of halogens is 2. The number of methoxy groups -OCH3 is 1. The van der Waals surface area contributed by atoms with Crippen molar-refractivity contribution in [3.8, 4) is 0 Å². The number of ether oxygens (including phenoxy) is 1. The first-order valence-corrected chi connectivity index (χ1v) is 7.39. The highest BCUT2D eigenvalue weighted by Gasteiger charge is 2.20. The van der Waals surface area contributed by atoms with Gasteiger partial charge in [-0.2, -0.15) is 0 Å². The molecule has 128 valence electrons. The molecule has 0 radical (unpaired) electrons. The molecule has 1 rings (SSSR count). The highest BCUT2D eigenvalue weighted by atomic mass is 35.5. The number of aliphatic hydroxyl groups is 1. The van der Waals surface area contributed by atoms with Gasteiger partial charge in [-0.05, 0) is 18.1 Å². The lowest BCUT2D eigenvalue weighted by molar-refractivity contribution is -0.141. The topological polar surface area (TPSA) is 78.9 Å². The summed E-state index contributed by atoms with van der Waals surface area (Å²) < 4.78 is 17.8. The van der Waals surface area contributed by atoms with Crippen LogP contribution in [0.2, 0.25) is 5.02 Å². The lowest BCUT2D eigenvalue weighted by Gasteiger charge is -2.26. The molecule has 0 saturated heterocycles. The third-order valence-electron chi connectivity index (χ3n) is 3.45. The van der Waals surface area contributed by atoms with Gasteiger partial charge in [-0.1, -0.05) is 23.7 Å². The van der Waals surface area contributed by atoms with Crippen LogP contribution < -0.4 is 5.32 Å². The molecule has 0 aliphatic heterocycles. The van der Waals surface area contributed by atoms with Gasteiger partial charge in [0.25, 0.3) is 0 Å². The fourth-order valence-electron chi connectivity index (χ4n) is 1.94. The summed E-state index contributed by atoms with van der Waals surface area (Å²) in [6.45, 7) is -0.240. The quantitative estimate of drug-likeness (QED) is 0.739. The number of esters is 1. The Kier molecular flexibility index (Phi) is 7.77. The summed E-state index contributed by atoms with van der Waals surface area (Å²) in [7, 11) is 2.77. The van der Waals surface area contributed by atoms with Crippen LogP contribution in [0.5, 0.6) is 0 Å². The molecule has 0 spiro atoms. The van der Waals surface area contributed by atoms with Gasteiger partial charge in [0.1, 0.15) is 5.82 Å². The van der Waals surface area contributed by atoms with Crippen LogP contribution >= 0.6 is 11.6 Å². The Hall–Kier alpha value is -1.86. The maximum atomic E-state index is 13.3. The third kappa shape index (κ3) is 5.69. The Balaban J connectivity index is 2.57. The fourth-order valence-corrected chi connectivity index (χ4v) is 2.13. The molecule has 6 nitrogen and oxygen atoms in total. The number of amides is 2. The van der Waals surface area contributed by atoms with Crippen molar-refractivity contribution in [1.29, 1.82) is 0 Å². The van der Waals surface area contributed by atoms with Gasteiger partial charge >= 0.3 is 12.0 Å². The van der Waals surface area contributed by atoms with Crippen molar-refractivity contribution in [1.82, 2.24) is 10.2 Å². The first-order valence-electron chi connectivity index (χ1n) is 7.02. The van der Waals surface area contributed by atoms with Crippen LogP contribution in [0.25, 0.3) is 0 Å².